The summed E-state index contributed by atoms with van der Waals surface area (Å²) in [5, 5.41) is 0.0905. The molecule has 0 aliphatic carbocycles. The van der Waals surface area contributed by atoms with Gasteiger partial charge in [0.05, 0.1) is 34.3 Å². The van der Waals surface area contributed by atoms with Gasteiger partial charge in [-0.3, -0.25) is 0 Å². The summed E-state index contributed by atoms with van der Waals surface area (Å²) in [6.45, 7) is 1.92. The fourth-order valence-corrected chi connectivity index (χ4v) is 2.29. The maximum atomic E-state index is 12.1. The first-order valence-corrected chi connectivity index (χ1v) is 7.21. The van der Waals surface area contributed by atoms with E-state index in [1.807, 2.05) is 0 Å². The van der Waals surface area contributed by atoms with E-state index in [0.717, 1.165) is 0 Å². The molecule has 1 aromatic carbocycles. The van der Waals surface area contributed by atoms with Crippen LogP contribution < -0.4 is 4.31 Å². The Kier molecular flexibility index (Phi) is 6.45. The number of anilines is 1. The SMILES string of the molecule is CCOC(=O)SN(C(=O)N(C)C)c1ccc(Cl)c(Cl)c1. The molecular weight excluding hydrogens is 323 g/mol. The Morgan fingerprint density at radius 3 is 2.40 bits per heavy atom. The van der Waals surface area contributed by atoms with E-state index in [9.17, 15) is 9.59 Å². The molecule has 1 aromatic rings. The second-order valence-electron chi connectivity index (χ2n) is 3.84. The van der Waals surface area contributed by atoms with Gasteiger partial charge in [-0.05, 0) is 25.1 Å². The van der Waals surface area contributed by atoms with E-state index in [1.54, 1.807) is 33.2 Å². The van der Waals surface area contributed by atoms with Gasteiger partial charge in [0, 0.05) is 14.1 Å². The van der Waals surface area contributed by atoms with Gasteiger partial charge in [-0.25, -0.2) is 13.9 Å². The van der Waals surface area contributed by atoms with Crippen LogP contribution in [0, 0.1) is 0 Å². The number of hydrogen-bond acceptors (Lipinski definition) is 4. The minimum atomic E-state index is -0.575. The Bertz CT molecular complexity index is 511. The first-order valence-electron chi connectivity index (χ1n) is 5.68. The molecule has 20 heavy (non-hydrogen) atoms. The van der Waals surface area contributed by atoms with E-state index in [1.165, 1.54) is 15.3 Å². The zero-order valence-electron chi connectivity index (χ0n) is 11.2. The Labute approximate surface area is 131 Å². The van der Waals surface area contributed by atoms with E-state index >= 15 is 0 Å². The minimum absolute atomic E-state index is 0.233. The van der Waals surface area contributed by atoms with Gasteiger partial charge < -0.3 is 9.64 Å². The van der Waals surface area contributed by atoms with Crippen LogP contribution in [-0.2, 0) is 4.74 Å². The fourth-order valence-electron chi connectivity index (χ4n) is 1.21. The maximum Gasteiger partial charge on any atom is 0.388 e. The van der Waals surface area contributed by atoms with Gasteiger partial charge in [-0.2, -0.15) is 0 Å². The van der Waals surface area contributed by atoms with Crippen molar-refractivity contribution in [1.29, 1.82) is 0 Å². The third kappa shape index (κ3) is 4.47. The summed E-state index contributed by atoms with van der Waals surface area (Å²) in [5.74, 6) is 0. The second kappa shape index (κ2) is 7.61. The van der Waals surface area contributed by atoms with Crippen molar-refractivity contribution in [3.05, 3.63) is 28.2 Å². The van der Waals surface area contributed by atoms with Crippen LogP contribution in [0.1, 0.15) is 6.92 Å². The number of amides is 2. The summed E-state index contributed by atoms with van der Waals surface area (Å²) in [7, 11) is 3.16. The smallest absolute Gasteiger partial charge is 0.388 e. The molecule has 0 radical (unpaired) electrons. The van der Waals surface area contributed by atoms with Gasteiger partial charge in [0.25, 0.3) is 0 Å². The van der Waals surface area contributed by atoms with Crippen LogP contribution in [-0.4, -0.2) is 36.9 Å². The number of benzene rings is 1. The molecular formula is C12H14Cl2N2O3S. The molecule has 0 aliphatic heterocycles. The van der Waals surface area contributed by atoms with Crippen molar-refractivity contribution < 1.29 is 14.3 Å². The maximum absolute atomic E-state index is 12.1. The van der Waals surface area contributed by atoms with Crippen molar-refractivity contribution in [1.82, 2.24) is 4.90 Å². The number of urea groups is 1. The van der Waals surface area contributed by atoms with Crippen molar-refractivity contribution in [2.45, 2.75) is 6.92 Å². The van der Waals surface area contributed by atoms with Crippen LogP contribution in [0.15, 0.2) is 18.2 Å². The van der Waals surface area contributed by atoms with Crippen LogP contribution in [0.3, 0.4) is 0 Å². The van der Waals surface area contributed by atoms with Gasteiger partial charge in [0.1, 0.15) is 0 Å². The number of rotatable bonds is 2. The van der Waals surface area contributed by atoms with E-state index in [2.05, 4.69) is 0 Å². The standard InChI is InChI=1S/C12H14Cl2N2O3S/c1-4-19-12(18)20-16(11(17)15(2)3)8-5-6-9(13)10(14)7-8/h5-7H,4H2,1-3H3. The van der Waals surface area contributed by atoms with Crippen LogP contribution >= 0.6 is 35.1 Å². The Balaban J connectivity index is 3.06. The summed E-state index contributed by atoms with van der Waals surface area (Å²) in [4.78, 5) is 25.0. The van der Waals surface area contributed by atoms with Crippen LogP contribution in [0.5, 0.6) is 0 Å². The molecule has 1 rings (SSSR count). The Morgan fingerprint density at radius 1 is 1.25 bits per heavy atom. The van der Waals surface area contributed by atoms with Crippen molar-refractivity contribution in [2.24, 2.45) is 0 Å². The molecule has 0 saturated carbocycles. The fraction of sp³-hybridized carbons (Fsp3) is 0.333. The van der Waals surface area contributed by atoms with E-state index in [0.29, 0.717) is 27.7 Å². The molecule has 0 aliphatic rings. The predicted molar refractivity (Wildman–Crippen MR) is 82.6 cm³/mol. The van der Waals surface area contributed by atoms with Crippen LogP contribution in [0.2, 0.25) is 10.0 Å². The molecule has 2 amide bonds. The van der Waals surface area contributed by atoms with Gasteiger partial charge in [-0.1, -0.05) is 23.2 Å². The monoisotopic (exact) mass is 336 g/mol. The Hall–Kier alpha value is -1.11. The quantitative estimate of drug-likeness (QED) is 0.597. The molecule has 0 aromatic heterocycles. The van der Waals surface area contributed by atoms with Gasteiger partial charge >= 0.3 is 11.3 Å². The average molecular weight is 337 g/mol. The highest BCUT2D eigenvalue weighted by Gasteiger charge is 2.23. The lowest BCUT2D eigenvalue weighted by Gasteiger charge is -2.23. The normalized spacial score (nSPS) is 10.1. The number of carbonyl (C=O) groups is 2. The van der Waals surface area contributed by atoms with Crippen molar-refractivity contribution in [3.8, 4) is 0 Å². The second-order valence-corrected chi connectivity index (χ2v) is 5.54. The van der Waals surface area contributed by atoms with Crippen molar-refractivity contribution in [3.63, 3.8) is 0 Å². The highest BCUT2D eigenvalue weighted by molar-refractivity contribution is 8.15. The number of carbonyl (C=O) groups excluding carboxylic acids is 2. The first kappa shape index (κ1) is 16.9. The average Bonchev–Trinajstić information content (AvgIpc) is 2.39. The van der Waals surface area contributed by atoms with Crippen molar-refractivity contribution >= 4 is 52.2 Å². The van der Waals surface area contributed by atoms with Crippen LogP contribution in [0.4, 0.5) is 15.3 Å². The molecule has 0 bridgehead atoms. The summed E-state index contributed by atoms with van der Waals surface area (Å²) in [6, 6.07) is 4.28. The van der Waals surface area contributed by atoms with Gasteiger partial charge in [0.2, 0.25) is 0 Å². The van der Waals surface area contributed by atoms with Gasteiger partial charge in [-0.15, -0.1) is 0 Å². The molecule has 0 spiro atoms. The zero-order chi connectivity index (χ0) is 15.3. The summed E-state index contributed by atoms with van der Waals surface area (Å²) < 4.78 is 6.02. The highest BCUT2D eigenvalue weighted by Crippen LogP contribution is 2.31. The van der Waals surface area contributed by atoms with Crippen molar-refractivity contribution in [2.75, 3.05) is 25.0 Å². The lowest BCUT2D eigenvalue weighted by molar-refractivity contribution is 0.181. The summed E-state index contributed by atoms with van der Waals surface area (Å²) in [6.07, 6.45) is 0. The topological polar surface area (TPSA) is 49.9 Å². The van der Waals surface area contributed by atoms with Gasteiger partial charge in [0.15, 0.2) is 0 Å². The summed E-state index contributed by atoms with van der Waals surface area (Å²) in [5.41, 5.74) is 0.441. The molecule has 0 saturated heterocycles. The molecule has 5 nitrogen and oxygen atoms in total. The zero-order valence-corrected chi connectivity index (χ0v) is 13.6. The predicted octanol–water partition coefficient (Wildman–Crippen LogP) is 4.29. The molecule has 0 atom stereocenters. The van der Waals surface area contributed by atoms with Crippen LogP contribution in [0.25, 0.3) is 0 Å². The van der Waals surface area contributed by atoms with E-state index < -0.39 is 5.30 Å². The third-order valence-corrected chi connectivity index (χ3v) is 3.68. The molecule has 0 unspecified atom stereocenters. The molecule has 8 heteroatoms. The number of halogens is 2. The van der Waals surface area contributed by atoms with E-state index in [-0.39, 0.29) is 12.6 Å². The number of hydrogen-bond donors (Lipinski definition) is 0. The molecule has 0 N–H and O–H groups in total. The molecule has 0 fully saturated rings. The third-order valence-electron chi connectivity index (χ3n) is 2.12. The summed E-state index contributed by atoms with van der Waals surface area (Å²) >= 11 is 12.4. The molecule has 110 valence electrons. The largest absolute Gasteiger partial charge is 0.457 e. The molecule has 0 heterocycles. The lowest BCUT2D eigenvalue weighted by Crippen LogP contribution is -2.35. The highest BCUT2D eigenvalue weighted by atomic mass is 35.5. The minimum Gasteiger partial charge on any atom is -0.457 e. The Morgan fingerprint density at radius 2 is 1.90 bits per heavy atom. The first-order chi connectivity index (χ1) is 9.36. The number of nitrogens with zero attached hydrogens (tertiary/aromatic N) is 2. The number of ether oxygens (including phenoxy) is 1. The lowest BCUT2D eigenvalue weighted by atomic mass is 10.3. The van der Waals surface area contributed by atoms with E-state index in [4.69, 9.17) is 27.9 Å².